The zero-order valence-electron chi connectivity index (χ0n) is 12.2. The van der Waals surface area contributed by atoms with Crippen molar-refractivity contribution >= 4 is 23.3 Å². The van der Waals surface area contributed by atoms with Crippen molar-refractivity contribution in [2.75, 3.05) is 12.4 Å². The average Bonchev–Trinajstić information content (AvgIpc) is 2.37. The second kappa shape index (κ2) is 6.44. The maximum Gasteiger partial charge on any atom is 0.253 e. The van der Waals surface area contributed by atoms with Gasteiger partial charge in [-0.3, -0.25) is 4.79 Å². The molecule has 1 amide bonds. The summed E-state index contributed by atoms with van der Waals surface area (Å²) in [6.07, 6.45) is 4.83. The molecule has 0 aromatic carbocycles. The Morgan fingerprint density at radius 3 is 2.55 bits per heavy atom. The number of pyridine rings is 1. The van der Waals surface area contributed by atoms with Crippen LogP contribution in [0.2, 0.25) is 5.02 Å². The number of nitrogens with zero attached hydrogens (tertiary/aromatic N) is 1. The molecular weight excluding hydrogens is 274 g/mol. The molecule has 1 aromatic rings. The predicted molar refractivity (Wildman–Crippen MR) is 82.2 cm³/mol. The summed E-state index contributed by atoms with van der Waals surface area (Å²) in [5, 5.41) is 6.41. The first-order valence-electron chi connectivity index (χ1n) is 7.13. The molecule has 1 aromatic heterocycles. The molecule has 2 unspecified atom stereocenters. The van der Waals surface area contributed by atoms with E-state index in [0.717, 1.165) is 12.8 Å². The number of rotatable bonds is 3. The Labute approximate surface area is 125 Å². The van der Waals surface area contributed by atoms with Crippen LogP contribution in [0.25, 0.3) is 0 Å². The molecule has 1 heterocycles. The van der Waals surface area contributed by atoms with Crippen LogP contribution in [0.15, 0.2) is 12.3 Å². The number of carbonyl (C=O) groups excluding carboxylic acids is 1. The quantitative estimate of drug-likeness (QED) is 0.899. The van der Waals surface area contributed by atoms with Crippen molar-refractivity contribution in [2.24, 2.45) is 11.8 Å². The molecule has 1 aliphatic rings. The first kappa shape index (κ1) is 15.1. The monoisotopic (exact) mass is 295 g/mol. The molecule has 5 heteroatoms. The molecule has 2 rings (SSSR count). The first-order valence-corrected chi connectivity index (χ1v) is 7.51. The minimum Gasteiger partial charge on any atom is -0.373 e. The lowest BCUT2D eigenvalue weighted by molar-refractivity contribution is 0.0911. The van der Waals surface area contributed by atoms with Crippen molar-refractivity contribution < 1.29 is 4.79 Å². The summed E-state index contributed by atoms with van der Waals surface area (Å²) in [5.41, 5.74) is 0.483. The summed E-state index contributed by atoms with van der Waals surface area (Å²) in [4.78, 5) is 16.5. The highest BCUT2D eigenvalue weighted by atomic mass is 35.5. The number of aromatic nitrogens is 1. The molecule has 110 valence electrons. The van der Waals surface area contributed by atoms with Crippen LogP contribution >= 0.6 is 11.6 Å². The Morgan fingerprint density at radius 1 is 1.30 bits per heavy atom. The Hall–Kier alpha value is -1.29. The number of anilines is 1. The predicted octanol–water partition coefficient (Wildman–Crippen LogP) is 3.33. The third-order valence-corrected chi connectivity index (χ3v) is 4.17. The molecule has 20 heavy (non-hydrogen) atoms. The Balaban J connectivity index is 2.08. The van der Waals surface area contributed by atoms with Crippen molar-refractivity contribution in [1.82, 2.24) is 10.3 Å². The Bertz CT molecular complexity index is 482. The van der Waals surface area contributed by atoms with Gasteiger partial charge >= 0.3 is 0 Å². The fourth-order valence-electron chi connectivity index (χ4n) is 3.08. The van der Waals surface area contributed by atoms with Crippen molar-refractivity contribution in [1.29, 1.82) is 0 Å². The van der Waals surface area contributed by atoms with Gasteiger partial charge in [0.25, 0.3) is 5.91 Å². The SMILES string of the molecule is CNc1cc(C(=O)NC2CC(C)CC(C)C2)c(Cl)cn1. The van der Waals surface area contributed by atoms with E-state index in [4.69, 9.17) is 11.6 Å². The van der Waals surface area contributed by atoms with Crippen molar-refractivity contribution in [3.05, 3.63) is 22.8 Å². The van der Waals surface area contributed by atoms with E-state index in [1.165, 1.54) is 12.6 Å². The Morgan fingerprint density at radius 2 is 1.95 bits per heavy atom. The van der Waals surface area contributed by atoms with Gasteiger partial charge in [0.1, 0.15) is 5.82 Å². The fourth-order valence-corrected chi connectivity index (χ4v) is 3.27. The second-order valence-corrected chi connectivity index (χ2v) is 6.29. The van der Waals surface area contributed by atoms with Crippen molar-refractivity contribution in [3.8, 4) is 0 Å². The van der Waals surface area contributed by atoms with Crippen LogP contribution in [-0.4, -0.2) is 24.0 Å². The van der Waals surface area contributed by atoms with E-state index in [0.29, 0.717) is 28.2 Å². The molecule has 2 N–H and O–H groups in total. The largest absolute Gasteiger partial charge is 0.373 e. The molecule has 2 atom stereocenters. The molecule has 0 saturated heterocycles. The summed E-state index contributed by atoms with van der Waals surface area (Å²) in [5.74, 6) is 1.85. The van der Waals surface area contributed by atoms with E-state index in [1.807, 2.05) is 0 Å². The summed E-state index contributed by atoms with van der Waals surface area (Å²) >= 11 is 6.07. The topological polar surface area (TPSA) is 54.0 Å². The van der Waals surface area contributed by atoms with Crippen LogP contribution in [0.4, 0.5) is 5.82 Å². The lowest BCUT2D eigenvalue weighted by atomic mass is 9.80. The zero-order valence-corrected chi connectivity index (χ0v) is 13.0. The van der Waals surface area contributed by atoms with Crippen LogP contribution in [-0.2, 0) is 0 Å². The minimum absolute atomic E-state index is 0.111. The lowest BCUT2D eigenvalue weighted by Gasteiger charge is -2.32. The van der Waals surface area contributed by atoms with Crippen LogP contribution in [0, 0.1) is 11.8 Å². The highest BCUT2D eigenvalue weighted by Crippen LogP contribution is 2.29. The van der Waals surface area contributed by atoms with E-state index < -0.39 is 0 Å². The maximum atomic E-state index is 12.4. The number of amides is 1. The minimum atomic E-state index is -0.111. The van der Waals surface area contributed by atoms with Gasteiger partial charge in [-0.2, -0.15) is 0 Å². The van der Waals surface area contributed by atoms with E-state index in [9.17, 15) is 4.79 Å². The van der Waals surface area contributed by atoms with Gasteiger partial charge < -0.3 is 10.6 Å². The number of carbonyl (C=O) groups is 1. The number of hydrogen-bond donors (Lipinski definition) is 2. The number of halogens is 1. The molecule has 0 aliphatic heterocycles. The molecule has 1 aliphatic carbocycles. The molecule has 1 fully saturated rings. The average molecular weight is 296 g/mol. The zero-order chi connectivity index (χ0) is 14.7. The molecule has 1 saturated carbocycles. The van der Waals surface area contributed by atoms with Gasteiger partial charge in [0.05, 0.1) is 10.6 Å². The van der Waals surface area contributed by atoms with E-state index in [2.05, 4.69) is 29.5 Å². The smallest absolute Gasteiger partial charge is 0.253 e. The van der Waals surface area contributed by atoms with Gasteiger partial charge in [-0.25, -0.2) is 4.98 Å². The van der Waals surface area contributed by atoms with Gasteiger partial charge in [0.2, 0.25) is 0 Å². The second-order valence-electron chi connectivity index (χ2n) is 5.89. The van der Waals surface area contributed by atoms with Crippen LogP contribution in [0.3, 0.4) is 0 Å². The van der Waals surface area contributed by atoms with Gasteiger partial charge in [-0.1, -0.05) is 25.4 Å². The third-order valence-electron chi connectivity index (χ3n) is 3.87. The van der Waals surface area contributed by atoms with E-state index in [1.54, 1.807) is 13.1 Å². The van der Waals surface area contributed by atoms with Crippen LogP contribution < -0.4 is 10.6 Å². The first-order chi connectivity index (χ1) is 9.49. The van der Waals surface area contributed by atoms with Crippen molar-refractivity contribution in [2.45, 2.75) is 39.2 Å². The number of nitrogens with one attached hydrogen (secondary N) is 2. The summed E-state index contributed by atoms with van der Waals surface area (Å²) in [6, 6.07) is 1.93. The molecule has 0 radical (unpaired) electrons. The van der Waals surface area contributed by atoms with Crippen LogP contribution in [0.5, 0.6) is 0 Å². The van der Waals surface area contributed by atoms with Gasteiger partial charge in [0, 0.05) is 19.3 Å². The van der Waals surface area contributed by atoms with Gasteiger partial charge in [-0.05, 0) is 37.2 Å². The molecule has 4 nitrogen and oxygen atoms in total. The number of hydrogen-bond acceptors (Lipinski definition) is 3. The summed E-state index contributed by atoms with van der Waals surface area (Å²) in [6.45, 7) is 4.49. The molecule has 0 spiro atoms. The normalized spacial score (nSPS) is 26.1. The molecule has 0 bridgehead atoms. The lowest BCUT2D eigenvalue weighted by Crippen LogP contribution is -2.40. The third kappa shape index (κ3) is 3.63. The highest BCUT2D eigenvalue weighted by Gasteiger charge is 2.26. The molecular formula is C15H22ClN3O. The van der Waals surface area contributed by atoms with Crippen LogP contribution in [0.1, 0.15) is 43.5 Å². The standard InChI is InChI=1S/C15H22ClN3O/c1-9-4-10(2)6-11(5-9)19-15(20)12-7-14(17-3)18-8-13(12)16/h7-11H,4-6H2,1-3H3,(H,17,18)(H,19,20). The fraction of sp³-hybridized carbons (Fsp3) is 0.600. The van der Waals surface area contributed by atoms with Gasteiger partial charge in [0.15, 0.2) is 0 Å². The van der Waals surface area contributed by atoms with Crippen molar-refractivity contribution in [3.63, 3.8) is 0 Å². The van der Waals surface area contributed by atoms with Gasteiger partial charge in [-0.15, -0.1) is 0 Å². The maximum absolute atomic E-state index is 12.4. The summed E-state index contributed by atoms with van der Waals surface area (Å²) < 4.78 is 0. The Kier molecular flexibility index (Phi) is 4.86. The highest BCUT2D eigenvalue weighted by molar-refractivity contribution is 6.33. The van der Waals surface area contributed by atoms with E-state index in [-0.39, 0.29) is 11.9 Å². The summed E-state index contributed by atoms with van der Waals surface area (Å²) in [7, 11) is 1.77. The van der Waals surface area contributed by atoms with E-state index >= 15 is 0 Å².